The summed E-state index contributed by atoms with van der Waals surface area (Å²) in [7, 11) is 1.65. The Balaban J connectivity index is 2.57. The molecule has 2 aromatic rings. The molecule has 0 N–H and O–H groups in total. The van der Waals surface area contributed by atoms with Crippen molar-refractivity contribution in [1.29, 1.82) is 0 Å². The first-order valence-electron chi connectivity index (χ1n) is 4.66. The van der Waals surface area contributed by atoms with Crippen LogP contribution in [0.3, 0.4) is 0 Å². The number of oxazole rings is 1. The predicted molar refractivity (Wildman–Crippen MR) is 55.8 cm³/mol. The van der Waals surface area contributed by atoms with Gasteiger partial charge in [0.2, 0.25) is 0 Å². The molecule has 2 rings (SSSR count). The number of carbonyl (C=O) groups excluding carboxylic acids is 1. The SMILES string of the molecule is CC(=O)Cc1ccc2c(c1)oc(=O)n2C. The van der Waals surface area contributed by atoms with Gasteiger partial charge >= 0.3 is 5.76 Å². The molecule has 4 heteroatoms. The minimum absolute atomic E-state index is 0.0904. The molecule has 4 nitrogen and oxygen atoms in total. The van der Waals surface area contributed by atoms with Crippen LogP contribution < -0.4 is 5.76 Å². The Morgan fingerprint density at radius 3 is 2.87 bits per heavy atom. The first-order valence-corrected chi connectivity index (χ1v) is 4.66. The topological polar surface area (TPSA) is 52.2 Å². The second kappa shape index (κ2) is 3.38. The monoisotopic (exact) mass is 205 g/mol. The van der Waals surface area contributed by atoms with Crippen LogP contribution in [-0.4, -0.2) is 10.4 Å². The molecule has 0 fully saturated rings. The van der Waals surface area contributed by atoms with Crippen LogP contribution in [0, 0.1) is 0 Å². The predicted octanol–water partition coefficient (Wildman–Crippen LogP) is 1.26. The maximum Gasteiger partial charge on any atom is 0.419 e. The fourth-order valence-electron chi connectivity index (χ4n) is 1.58. The number of Topliss-reactive ketones (excluding diaryl/α,β-unsaturated/α-hetero) is 1. The van der Waals surface area contributed by atoms with Gasteiger partial charge in [-0.25, -0.2) is 4.79 Å². The highest BCUT2D eigenvalue weighted by molar-refractivity contribution is 5.80. The summed E-state index contributed by atoms with van der Waals surface area (Å²) < 4.78 is 6.45. The summed E-state index contributed by atoms with van der Waals surface area (Å²) in [5.74, 6) is -0.294. The van der Waals surface area contributed by atoms with Crippen molar-refractivity contribution in [3.05, 3.63) is 34.3 Å². The molecular weight excluding hydrogens is 194 g/mol. The van der Waals surface area contributed by atoms with Crippen molar-refractivity contribution in [2.75, 3.05) is 0 Å². The normalized spacial score (nSPS) is 10.8. The quantitative estimate of drug-likeness (QED) is 0.741. The summed E-state index contributed by atoms with van der Waals surface area (Å²) in [5.41, 5.74) is 2.14. The number of fused-ring (bicyclic) bond motifs is 1. The van der Waals surface area contributed by atoms with Crippen molar-refractivity contribution >= 4 is 16.9 Å². The highest BCUT2D eigenvalue weighted by Crippen LogP contribution is 2.14. The molecule has 15 heavy (non-hydrogen) atoms. The zero-order valence-corrected chi connectivity index (χ0v) is 8.61. The van der Waals surface area contributed by atoms with Crippen LogP contribution in [0.15, 0.2) is 27.4 Å². The van der Waals surface area contributed by atoms with Gasteiger partial charge in [-0.15, -0.1) is 0 Å². The molecule has 0 aliphatic rings. The minimum Gasteiger partial charge on any atom is -0.408 e. The van der Waals surface area contributed by atoms with E-state index in [0.29, 0.717) is 12.0 Å². The molecule has 0 amide bonds. The van der Waals surface area contributed by atoms with Crippen LogP contribution in [0.2, 0.25) is 0 Å². The van der Waals surface area contributed by atoms with E-state index in [4.69, 9.17) is 4.42 Å². The summed E-state index contributed by atoms with van der Waals surface area (Å²) in [4.78, 5) is 22.1. The average Bonchev–Trinajstić information content (AvgIpc) is 2.41. The molecule has 0 radical (unpaired) electrons. The number of aromatic nitrogens is 1. The van der Waals surface area contributed by atoms with E-state index in [-0.39, 0.29) is 11.5 Å². The Hall–Kier alpha value is -1.84. The van der Waals surface area contributed by atoms with Gasteiger partial charge in [0.15, 0.2) is 5.58 Å². The molecule has 0 bridgehead atoms. The van der Waals surface area contributed by atoms with Crippen LogP contribution in [-0.2, 0) is 18.3 Å². The third-order valence-electron chi connectivity index (χ3n) is 2.31. The summed E-state index contributed by atoms with van der Waals surface area (Å²) in [5, 5.41) is 0. The number of rotatable bonds is 2. The third-order valence-corrected chi connectivity index (χ3v) is 2.31. The third kappa shape index (κ3) is 1.70. The van der Waals surface area contributed by atoms with Crippen LogP contribution in [0.1, 0.15) is 12.5 Å². The smallest absolute Gasteiger partial charge is 0.408 e. The number of aryl methyl sites for hydroxylation is 1. The molecule has 0 aliphatic carbocycles. The zero-order valence-electron chi connectivity index (χ0n) is 8.61. The number of hydrogen-bond acceptors (Lipinski definition) is 3. The number of carbonyl (C=O) groups is 1. The van der Waals surface area contributed by atoms with Crippen LogP contribution >= 0.6 is 0 Å². The minimum atomic E-state index is -0.384. The molecule has 0 spiro atoms. The second-order valence-electron chi connectivity index (χ2n) is 3.61. The Bertz CT molecular complexity index is 577. The maximum absolute atomic E-state index is 11.2. The van der Waals surface area contributed by atoms with E-state index < -0.39 is 0 Å². The highest BCUT2D eigenvalue weighted by atomic mass is 16.4. The number of hydrogen-bond donors (Lipinski definition) is 0. The van der Waals surface area contributed by atoms with Crippen LogP contribution in [0.4, 0.5) is 0 Å². The van der Waals surface area contributed by atoms with Crippen molar-refractivity contribution in [3.63, 3.8) is 0 Å². The first-order chi connectivity index (χ1) is 7.08. The van der Waals surface area contributed by atoms with Gasteiger partial charge in [-0.2, -0.15) is 0 Å². The summed E-state index contributed by atoms with van der Waals surface area (Å²) in [6, 6.07) is 5.36. The van der Waals surface area contributed by atoms with Crippen molar-refractivity contribution in [2.24, 2.45) is 7.05 Å². The fraction of sp³-hybridized carbons (Fsp3) is 0.273. The Morgan fingerprint density at radius 1 is 1.47 bits per heavy atom. The van der Waals surface area contributed by atoms with E-state index in [2.05, 4.69) is 0 Å². The molecule has 0 atom stereocenters. The van der Waals surface area contributed by atoms with Crippen molar-refractivity contribution in [2.45, 2.75) is 13.3 Å². The largest absolute Gasteiger partial charge is 0.419 e. The van der Waals surface area contributed by atoms with Crippen LogP contribution in [0.5, 0.6) is 0 Å². The molecule has 0 aliphatic heterocycles. The lowest BCUT2D eigenvalue weighted by Crippen LogP contribution is -2.08. The van der Waals surface area contributed by atoms with Gasteiger partial charge < -0.3 is 4.42 Å². The number of ketones is 1. The van der Waals surface area contributed by atoms with Crippen molar-refractivity contribution < 1.29 is 9.21 Å². The number of nitrogens with zero attached hydrogens (tertiary/aromatic N) is 1. The second-order valence-corrected chi connectivity index (χ2v) is 3.61. The molecule has 1 aromatic heterocycles. The van der Waals surface area contributed by atoms with E-state index >= 15 is 0 Å². The van der Waals surface area contributed by atoms with Gasteiger partial charge in [-0.1, -0.05) is 6.07 Å². The molecule has 0 saturated heterocycles. The summed E-state index contributed by atoms with van der Waals surface area (Å²) in [6.07, 6.45) is 0.370. The lowest BCUT2D eigenvalue weighted by atomic mass is 10.1. The van der Waals surface area contributed by atoms with E-state index in [1.54, 1.807) is 19.2 Å². The lowest BCUT2D eigenvalue weighted by Gasteiger charge is -1.97. The molecule has 0 saturated carbocycles. The molecule has 1 heterocycles. The Morgan fingerprint density at radius 2 is 2.20 bits per heavy atom. The first kappa shape index (κ1) is 9.71. The van der Waals surface area contributed by atoms with Crippen molar-refractivity contribution in [1.82, 2.24) is 4.57 Å². The summed E-state index contributed by atoms with van der Waals surface area (Å²) >= 11 is 0. The van der Waals surface area contributed by atoms with E-state index in [1.165, 1.54) is 11.5 Å². The van der Waals surface area contributed by atoms with Gasteiger partial charge in [-0.3, -0.25) is 9.36 Å². The Labute approximate surface area is 86.1 Å². The Kier molecular flexibility index (Phi) is 2.19. The summed E-state index contributed by atoms with van der Waals surface area (Å²) in [6.45, 7) is 1.53. The van der Waals surface area contributed by atoms with E-state index in [0.717, 1.165) is 11.1 Å². The van der Waals surface area contributed by atoms with Gasteiger partial charge in [0.05, 0.1) is 5.52 Å². The fourth-order valence-corrected chi connectivity index (χ4v) is 1.58. The average molecular weight is 205 g/mol. The zero-order chi connectivity index (χ0) is 11.0. The standard InChI is InChI=1S/C11H11NO3/c1-7(13)5-8-3-4-9-10(6-8)15-11(14)12(9)2/h3-4,6H,5H2,1-2H3. The van der Waals surface area contributed by atoms with Crippen LogP contribution in [0.25, 0.3) is 11.1 Å². The van der Waals surface area contributed by atoms with Gasteiger partial charge in [0, 0.05) is 13.5 Å². The van der Waals surface area contributed by atoms with E-state index in [1.807, 2.05) is 6.07 Å². The van der Waals surface area contributed by atoms with Gasteiger partial charge in [-0.05, 0) is 24.6 Å². The van der Waals surface area contributed by atoms with E-state index in [9.17, 15) is 9.59 Å². The molecule has 1 aromatic carbocycles. The maximum atomic E-state index is 11.2. The highest BCUT2D eigenvalue weighted by Gasteiger charge is 2.06. The molecule has 78 valence electrons. The van der Waals surface area contributed by atoms with Crippen molar-refractivity contribution in [3.8, 4) is 0 Å². The molecular formula is C11H11NO3. The lowest BCUT2D eigenvalue weighted by molar-refractivity contribution is -0.116. The van der Waals surface area contributed by atoms with Gasteiger partial charge in [0.25, 0.3) is 0 Å². The number of benzene rings is 1. The molecule has 0 unspecified atom stereocenters. The van der Waals surface area contributed by atoms with Gasteiger partial charge in [0.1, 0.15) is 5.78 Å².